The molecule has 3 rings (SSSR count). The Morgan fingerprint density at radius 1 is 1.29 bits per heavy atom. The molecule has 0 aromatic heterocycles. The van der Waals surface area contributed by atoms with Crippen LogP contribution in [0, 0.1) is 0 Å². The lowest BCUT2D eigenvalue weighted by molar-refractivity contribution is -0.194. The average molecular weight is 288 g/mol. The fraction of sp³-hybridized carbons (Fsp3) is 0.333. The lowest BCUT2D eigenvalue weighted by atomic mass is 10.0. The van der Waals surface area contributed by atoms with Crippen LogP contribution in [0.5, 0.6) is 0 Å². The highest BCUT2D eigenvalue weighted by Gasteiger charge is 2.60. The first kappa shape index (κ1) is 13.8. The van der Waals surface area contributed by atoms with Crippen molar-refractivity contribution < 1.29 is 19.8 Å². The minimum Gasteiger partial charge on any atom is -0.387 e. The molecule has 2 unspecified atom stereocenters. The number of aliphatic hydroxyl groups excluding tert-OH is 1. The van der Waals surface area contributed by atoms with E-state index < -0.39 is 23.6 Å². The van der Waals surface area contributed by atoms with Gasteiger partial charge in [-0.3, -0.25) is 14.5 Å². The van der Waals surface area contributed by atoms with Crippen molar-refractivity contribution in [3.63, 3.8) is 0 Å². The van der Waals surface area contributed by atoms with E-state index in [-0.39, 0.29) is 18.7 Å². The van der Waals surface area contributed by atoms with E-state index in [4.69, 9.17) is 0 Å². The van der Waals surface area contributed by atoms with Crippen LogP contribution < -0.4 is 0 Å². The first-order valence-electron chi connectivity index (χ1n) is 6.73. The first-order chi connectivity index (χ1) is 9.96. The molecule has 1 aromatic rings. The van der Waals surface area contributed by atoms with Crippen LogP contribution in [0.25, 0.3) is 6.08 Å². The number of rotatable bonds is 1. The van der Waals surface area contributed by atoms with Gasteiger partial charge in [-0.05, 0) is 18.1 Å². The van der Waals surface area contributed by atoms with Crippen molar-refractivity contribution in [2.45, 2.75) is 18.2 Å². The number of likely N-dealkylation sites (N-methyl/N-ethyl adjacent to an activating group) is 1. The number of amides is 2. The summed E-state index contributed by atoms with van der Waals surface area (Å²) in [7, 11) is 1.43. The second-order valence-electron chi connectivity index (χ2n) is 5.29. The third kappa shape index (κ3) is 1.87. The van der Waals surface area contributed by atoms with Crippen LogP contribution in [0.1, 0.15) is 12.0 Å². The van der Waals surface area contributed by atoms with Crippen LogP contribution in [-0.2, 0) is 9.59 Å². The number of piperazine rings is 1. The standard InChI is InChI=1S/C15H16N2O4/c1-16-11(9-10-5-3-2-4-6-10)13(19)17-8-7-12(18)15(17,21)14(16)20/h2-6,9,12,18,21H,7-8H2,1H3/b11-9-. The molecule has 2 aliphatic rings. The molecule has 110 valence electrons. The minimum atomic E-state index is -2.14. The molecule has 21 heavy (non-hydrogen) atoms. The third-order valence-electron chi connectivity index (χ3n) is 4.05. The third-order valence-corrected chi connectivity index (χ3v) is 4.05. The molecular formula is C15H16N2O4. The summed E-state index contributed by atoms with van der Waals surface area (Å²) in [4.78, 5) is 27.0. The van der Waals surface area contributed by atoms with Gasteiger partial charge in [-0.2, -0.15) is 0 Å². The van der Waals surface area contributed by atoms with E-state index in [0.717, 1.165) is 15.4 Å². The number of hydrogen-bond donors (Lipinski definition) is 2. The summed E-state index contributed by atoms with van der Waals surface area (Å²) in [6.45, 7) is 0.155. The van der Waals surface area contributed by atoms with Gasteiger partial charge in [0.2, 0.25) is 5.72 Å². The van der Waals surface area contributed by atoms with Gasteiger partial charge in [-0.25, -0.2) is 0 Å². The molecule has 2 aliphatic heterocycles. The fourth-order valence-corrected chi connectivity index (χ4v) is 2.82. The lowest BCUT2D eigenvalue weighted by Gasteiger charge is -2.42. The maximum Gasteiger partial charge on any atom is 0.283 e. The van der Waals surface area contributed by atoms with Crippen molar-refractivity contribution in [1.29, 1.82) is 0 Å². The van der Waals surface area contributed by atoms with Gasteiger partial charge in [0, 0.05) is 13.6 Å². The van der Waals surface area contributed by atoms with E-state index in [2.05, 4.69) is 0 Å². The monoisotopic (exact) mass is 288 g/mol. The van der Waals surface area contributed by atoms with E-state index in [1.165, 1.54) is 7.05 Å². The zero-order chi connectivity index (χ0) is 15.2. The number of fused-ring (bicyclic) bond motifs is 1. The van der Waals surface area contributed by atoms with E-state index in [0.29, 0.717) is 0 Å². The topological polar surface area (TPSA) is 81.1 Å². The summed E-state index contributed by atoms with van der Waals surface area (Å²) in [6, 6.07) is 9.15. The van der Waals surface area contributed by atoms with Crippen LogP contribution in [0.3, 0.4) is 0 Å². The van der Waals surface area contributed by atoms with Crippen molar-refractivity contribution in [3.8, 4) is 0 Å². The number of carbonyl (C=O) groups is 2. The maximum atomic E-state index is 12.5. The number of aliphatic hydroxyl groups is 2. The zero-order valence-corrected chi connectivity index (χ0v) is 11.6. The smallest absolute Gasteiger partial charge is 0.283 e. The summed E-state index contributed by atoms with van der Waals surface area (Å²) in [5, 5.41) is 20.3. The zero-order valence-electron chi connectivity index (χ0n) is 11.6. The molecule has 6 nitrogen and oxygen atoms in total. The molecule has 2 atom stereocenters. The van der Waals surface area contributed by atoms with Gasteiger partial charge >= 0.3 is 0 Å². The van der Waals surface area contributed by atoms with Crippen molar-refractivity contribution >= 4 is 17.9 Å². The highest BCUT2D eigenvalue weighted by Crippen LogP contribution is 2.35. The van der Waals surface area contributed by atoms with Gasteiger partial charge in [-0.1, -0.05) is 30.3 Å². The molecule has 0 radical (unpaired) electrons. The quantitative estimate of drug-likeness (QED) is 0.700. The Kier molecular flexibility index (Phi) is 3.07. The largest absolute Gasteiger partial charge is 0.387 e. The lowest BCUT2D eigenvalue weighted by Crippen LogP contribution is -2.67. The molecule has 0 saturated carbocycles. The van der Waals surface area contributed by atoms with Crippen LogP contribution in [0.2, 0.25) is 0 Å². The summed E-state index contributed by atoms with van der Waals surface area (Å²) in [5.74, 6) is -1.14. The molecule has 2 saturated heterocycles. The van der Waals surface area contributed by atoms with Gasteiger partial charge in [0.15, 0.2) is 0 Å². The summed E-state index contributed by atoms with van der Waals surface area (Å²) in [5.41, 5.74) is -1.17. The van der Waals surface area contributed by atoms with Gasteiger partial charge < -0.3 is 15.1 Å². The van der Waals surface area contributed by atoms with Crippen LogP contribution in [0.4, 0.5) is 0 Å². The molecular weight excluding hydrogens is 272 g/mol. The predicted octanol–water partition coefficient (Wildman–Crippen LogP) is -0.219. The van der Waals surface area contributed by atoms with Crippen LogP contribution in [0.15, 0.2) is 36.0 Å². The molecule has 2 N–H and O–H groups in total. The molecule has 6 heteroatoms. The number of carbonyl (C=O) groups excluding carboxylic acids is 2. The van der Waals surface area contributed by atoms with Gasteiger partial charge in [0.05, 0.1) is 0 Å². The number of benzene rings is 1. The Morgan fingerprint density at radius 3 is 2.62 bits per heavy atom. The molecule has 0 aliphatic carbocycles. The Bertz CT molecular complexity index is 628. The average Bonchev–Trinajstić information content (AvgIpc) is 2.80. The van der Waals surface area contributed by atoms with E-state index >= 15 is 0 Å². The Balaban J connectivity index is 2.04. The minimum absolute atomic E-state index is 0.155. The number of nitrogens with zero attached hydrogens (tertiary/aromatic N) is 2. The fourth-order valence-electron chi connectivity index (χ4n) is 2.82. The van der Waals surface area contributed by atoms with Crippen molar-refractivity contribution in [2.24, 2.45) is 0 Å². The van der Waals surface area contributed by atoms with Crippen molar-refractivity contribution in [1.82, 2.24) is 9.80 Å². The Labute approximate surface area is 121 Å². The van der Waals surface area contributed by atoms with Crippen molar-refractivity contribution in [2.75, 3.05) is 13.6 Å². The first-order valence-corrected chi connectivity index (χ1v) is 6.73. The van der Waals surface area contributed by atoms with Gasteiger partial charge in [0.25, 0.3) is 11.8 Å². The summed E-state index contributed by atoms with van der Waals surface area (Å²) >= 11 is 0. The highest BCUT2D eigenvalue weighted by molar-refractivity contribution is 6.08. The predicted molar refractivity (Wildman–Crippen MR) is 74.5 cm³/mol. The van der Waals surface area contributed by atoms with E-state index in [1.807, 2.05) is 30.3 Å². The SMILES string of the molecule is CN1C(=O)C2(O)C(O)CCN2C(=O)/C1=C/c1ccccc1. The second kappa shape index (κ2) is 4.68. The van der Waals surface area contributed by atoms with Crippen LogP contribution in [-0.4, -0.2) is 57.2 Å². The molecule has 2 heterocycles. The van der Waals surface area contributed by atoms with Gasteiger partial charge in [-0.15, -0.1) is 0 Å². The number of hydrogen-bond acceptors (Lipinski definition) is 4. The Hall–Kier alpha value is -2.18. The highest BCUT2D eigenvalue weighted by atomic mass is 16.4. The van der Waals surface area contributed by atoms with Gasteiger partial charge in [0.1, 0.15) is 11.8 Å². The second-order valence-corrected chi connectivity index (χ2v) is 5.29. The van der Waals surface area contributed by atoms with Crippen LogP contribution >= 0.6 is 0 Å². The summed E-state index contributed by atoms with van der Waals surface area (Å²) < 4.78 is 0. The molecule has 0 spiro atoms. The Morgan fingerprint density at radius 2 is 1.95 bits per heavy atom. The maximum absolute atomic E-state index is 12.5. The molecule has 2 fully saturated rings. The molecule has 0 bridgehead atoms. The molecule has 2 amide bonds. The normalized spacial score (nSPS) is 31.0. The molecule has 1 aromatic carbocycles. The van der Waals surface area contributed by atoms with Crippen molar-refractivity contribution in [3.05, 3.63) is 41.6 Å². The van der Waals surface area contributed by atoms with E-state index in [9.17, 15) is 19.8 Å². The van der Waals surface area contributed by atoms with E-state index in [1.54, 1.807) is 6.08 Å². The summed E-state index contributed by atoms with van der Waals surface area (Å²) in [6.07, 6.45) is 0.528.